The molecule has 0 fully saturated rings. The number of benzene rings is 2. The third-order valence-electron chi connectivity index (χ3n) is 6.02. The third-order valence-corrected chi connectivity index (χ3v) is 6.02. The summed E-state index contributed by atoms with van der Waals surface area (Å²) in [6, 6.07) is 13.0. The molecule has 0 spiro atoms. The maximum atomic E-state index is 13.1. The number of carbonyl (C=O) groups is 1. The van der Waals surface area contributed by atoms with E-state index in [9.17, 15) is 9.18 Å². The number of carbonyl (C=O) groups excluding carboxylic acids is 1. The minimum atomic E-state index is -0.288. The molecule has 0 atom stereocenters. The fraction of sp³-hybridized carbons (Fsp3) is 0.400. The molecule has 0 aliphatic heterocycles. The molecule has 1 nitrogen and oxygen atoms in total. The maximum Gasteiger partial charge on any atom is 0.150 e. The van der Waals surface area contributed by atoms with Crippen LogP contribution in [-0.4, -0.2) is 6.29 Å². The summed E-state index contributed by atoms with van der Waals surface area (Å²) in [5.74, 6) is -0.288. The van der Waals surface area contributed by atoms with Crippen molar-refractivity contribution in [3.63, 3.8) is 0 Å². The topological polar surface area (TPSA) is 17.1 Å². The van der Waals surface area contributed by atoms with Crippen molar-refractivity contribution in [3.8, 4) is 0 Å². The molecule has 0 bridgehead atoms. The van der Waals surface area contributed by atoms with Crippen molar-refractivity contribution in [3.05, 3.63) is 76.6 Å². The Morgan fingerprint density at radius 2 is 1.59 bits per heavy atom. The van der Waals surface area contributed by atoms with Crippen molar-refractivity contribution in [1.82, 2.24) is 0 Å². The van der Waals surface area contributed by atoms with E-state index in [4.69, 9.17) is 0 Å². The van der Waals surface area contributed by atoms with Gasteiger partial charge < -0.3 is 0 Å². The fourth-order valence-electron chi connectivity index (χ4n) is 4.06. The lowest BCUT2D eigenvalue weighted by Gasteiger charge is -2.42. The first-order valence-corrected chi connectivity index (χ1v) is 9.78. The summed E-state index contributed by atoms with van der Waals surface area (Å²) in [6.45, 7) is 9.35. The lowest BCUT2D eigenvalue weighted by molar-refractivity contribution is -0.103. The Balaban J connectivity index is 1.79. The van der Waals surface area contributed by atoms with E-state index >= 15 is 0 Å². The zero-order chi connectivity index (χ0) is 19.7. The number of allylic oxidation sites excluding steroid dienone is 2. The summed E-state index contributed by atoms with van der Waals surface area (Å²) in [6.07, 6.45) is 6.91. The summed E-state index contributed by atoms with van der Waals surface area (Å²) in [5, 5.41) is 0. The summed E-state index contributed by atoms with van der Waals surface area (Å²) >= 11 is 0. The molecule has 1 aliphatic carbocycles. The van der Waals surface area contributed by atoms with Crippen molar-refractivity contribution < 1.29 is 9.18 Å². The Hall–Kier alpha value is -2.22. The molecular formula is C25H29FO. The van der Waals surface area contributed by atoms with E-state index in [0.717, 1.165) is 24.7 Å². The predicted octanol–water partition coefficient (Wildman–Crippen LogP) is 6.39. The van der Waals surface area contributed by atoms with Gasteiger partial charge in [-0.1, -0.05) is 64.1 Å². The van der Waals surface area contributed by atoms with Gasteiger partial charge in [-0.2, -0.15) is 0 Å². The van der Waals surface area contributed by atoms with E-state index in [2.05, 4.69) is 45.9 Å². The van der Waals surface area contributed by atoms with Crippen LogP contribution >= 0.6 is 0 Å². The lowest BCUT2D eigenvalue weighted by atomic mass is 9.63. The highest BCUT2D eigenvalue weighted by molar-refractivity contribution is 6.06. The fourth-order valence-corrected chi connectivity index (χ4v) is 4.06. The van der Waals surface area contributed by atoms with Crippen LogP contribution in [0.5, 0.6) is 0 Å². The van der Waals surface area contributed by atoms with Gasteiger partial charge >= 0.3 is 0 Å². The minimum absolute atomic E-state index is 0.207. The SMILES string of the molecule is CC1(C)CCC(C)(C)c2cc(CC/C=C(\C=O)c3ccc(F)cc3)ccc21. The van der Waals surface area contributed by atoms with Crippen LogP contribution < -0.4 is 0 Å². The van der Waals surface area contributed by atoms with Gasteiger partial charge in [0.25, 0.3) is 0 Å². The number of fused-ring (bicyclic) bond motifs is 1. The van der Waals surface area contributed by atoms with Gasteiger partial charge in [0.05, 0.1) is 0 Å². The first kappa shape index (κ1) is 19.5. The Morgan fingerprint density at radius 3 is 2.22 bits per heavy atom. The molecule has 0 unspecified atom stereocenters. The highest BCUT2D eigenvalue weighted by Crippen LogP contribution is 2.45. The molecule has 0 radical (unpaired) electrons. The molecule has 2 heteroatoms. The van der Waals surface area contributed by atoms with Crippen molar-refractivity contribution >= 4 is 11.9 Å². The summed E-state index contributed by atoms with van der Waals surface area (Å²) < 4.78 is 13.1. The van der Waals surface area contributed by atoms with Crippen molar-refractivity contribution in [2.24, 2.45) is 0 Å². The van der Waals surface area contributed by atoms with Crippen molar-refractivity contribution in [2.75, 3.05) is 0 Å². The van der Waals surface area contributed by atoms with E-state index in [1.165, 1.54) is 41.7 Å². The largest absolute Gasteiger partial charge is 0.298 e. The van der Waals surface area contributed by atoms with Gasteiger partial charge in [-0.3, -0.25) is 4.79 Å². The van der Waals surface area contributed by atoms with E-state index in [1.54, 1.807) is 12.1 Å². The molecule has 3 rings (SSSR count). The average Bonchev–Trinajstić information content (AvgIpc) is 2.64. The van der Waals surface area contributed by atoms with E-state index in [1.807, 2.05) is 6.08 Å². The highest BCUT2D eigenvalue weighted by Gasteiger charge is 2.36. The Morgan fingerprint density at radius 1 is 0.963 bits per heavy atom. The summed E-state index contributed by atoms with van der Waals surface area (Å²) in [4.78, 5) is 11.4. The van der Waals surface area contributed by atoms with Crippen LogP contribution in [0.2, 0.25) is 0 Å². The zero-order valence-electron chi connectivity index (χ0n) is 16.8. The minimum Gasteiger partial charge on any atom is -0.298 e. The Kier molecular flexibility index (Phi) is 5.37. The van der Waals surface area contributed by atoms with Gasteiger partial charge in [0.15, 0.2) is 0 Å². The third kappa shape index (κ3) is 4.21. The van der Waals surface area contributed by atoms with Crippen LogP contribution in [0.3, 0.4) is 0 Å². The van der Waals surface area contributed by atoms with Gasteiger partial charge in [0.2, 0.25) is 0 Å². The molecule has 142 valence electrons. The number of aryl methyl sites for hydroxylation is 1. The van der Waals surface area contributed by atoms with E-state index in [-0.39, 0.29) is 16.6 Å². The molecule has 2 aromatic carbocycles. The average molecular weight is 365 g/mol. The van der Waals surface area contributed by atoms with Crippen LogP contribution in [-0.2, 0) is 22.0 Å². The van der Waals surface area contributed by atoms with Gasteiger partial charge in [0.1, 0.15) is 12.1 Å². The Labute approximate surface area is 162 Å². The second kappa shape index (κ2) is 7.42. The van der Waals surface area contributed by atoms with Gasteiger partial charge in [-0.15, -0.1) is 0 Å². The van der Waals surface area contributed by atoms with Crippen LogP contribution in [0.25, 0.3) is 5.57 Å². The van der Waals surface area contributed by atoms with Gasteiger partial charge in [-0.25, -0.2) is 4.39 Å². The van der Waals surface area contributed by atoms with Crippen LogP contribution in [0.15, 0.2) is 48.5 Å². The predicted molar refractivity (Wildman–Crippen MR) is 110 cm³/mol. The molecule has 0 amide bonds. The van der Waals surface area contributed by atoms with Gasteiger partial charge in [-0.05, 0) is 70.9 Å². The first-order chi connectivity index (χ1) is 12.7. The second-order valence-electron chi connectivity index (χ2n) is 8.97. The van der Waals surface area contributed by atoms with Crippen LogP contribution in [0.4, 0.5) is 4.39 Å². The molecule has 0 aromatic heterocycles. The molecule has 0 saturated carbocycles. The smallest absolute Gasteiger partial charge is 0.150 e. The molecule has 27 heavy (non-hydrogen) atoms. The standard InChI is InChI=1S/C25H29FO/c1-24(2)14-15-25(3,4)23-16-18(8-13-22(23)24)6-5-7-20(17-27)19-9-11-21(26)12-10-19/h7-13,16-17H,5-6,14-15H2,1-4H3/b20-7+. The zero-order valence-corrected chi connectivity index (χ0v) is 16.8. The van der Waals surface area contributed by atoms with Crippen LogP contribution in [0.1, 0.15) is 69.2 Å². The number of rotatable bonds is 5. The quantitative estimate of drug-likeness (QED) is 0.444. The number of halogens is 1. The van der Waals surface area contributed by atoms with Crippen LogP contribution in [0, 0.1) is 5.82 Å². The van der Waals surface area contributed by atoms with Gasteiger partial charge in [0, 0.05) is 5.57 Å². The summed E-state index contributed by atoms with van der Waals surface area (Å²) in [5.41, 5.74) is 6.07. The van der Waals surface area contributed by atoms with Crippen molar-refractivity contribution in [1.29, 1.82) is 0 Å². The number of hydrogen-bond acceptors (Lipinski definition) is 1. The number of aldehydes is 1. The first-order valence-electron chi connectivity index (χ1n) is 9.78. The highest BCUT2D eigenvalue weighted by atomic mass is 19.1. The summed E-state index contributed by atoms with van der Waals surface area (Å²) in [7, 11) is 0. The number of hydrogen-bond donors (Lipinski definition) is 0. The molecule has 0 saturated heterocycles. The lowest BCUT2D eigenvalue weighted by Crippen LogP contribution is -2.33. The maximum absolute atomic E-state index is 13.1. The molecule has 0 N–H and O–H groups in total. The van der Waals surface area contributed by atoms with Crippen molar-refractivity contribution in [2.45, 2.75) is 64.2 Å². The van der Waals surface area contributed by atoms with E-state index < -0.39 is 0 Å². The van der Waals surface area contributed by atoms with E-state index in [0.29, 0.717) is 5.57 Å². The molecule has 2 aromatic rings. The normalized spacial score (nSPS) is 18.0. The molecular weight excluding hydrogens is 335 g/mol. The Bertz CT molecular complexity index is 856. The second-order valence-corrected chi connectivity index (χ2v) is 8.97. The molecule has 1 aliphatic rings. The monoisotopic (exact) mass is 364 g/mol. The molecule has 0 heterocycles.